The summed E-state index contributed by atoms with van der Waals surface area (Å²) < 4.78 is 15.0. The van der Waals surface area contributed by atoms with Gasteiger partial charge in [0.15, 0.2) is 0 Å². The Balaban J connectivity index is 1.43. The summed E-state index contributed by atoms with van der Waals surface area (Å²) in [4.78, 5) is 14.9. The van der Waals surface area contributed by atoms with E-state index in [2.05, 4.69) is 29.4 Å². The van der Waals surface area contributed by atoms with Crippen LogP contribution in [0.5, 0.6) is 0 Å². The lowest BCUT2D eigenvalue weighted by molar-refractivity contribution is -0.131. The normalized spacial score (nSPS) is 14.9. The maximum atomic E-state index is 13.2. The van der Waals surface area contributed by atoms with E-state index in [4.69, 9.17) is 0 Å². The van der Waals surface area contributed by atoms with E-state index in [9.17, 15) is 9.18 Å². The van der Waals surface area contributed by atoms with Crippen molar-refractivity contribution in [3.63, 3.8) is 0 Å². The number of nitrogens with zero attached hydrogens (tertiary/aromatic N) is 3. The number of amides is 1. The van der Waals surface area contributed by atoms with Crippen molar-refractivity contribution in [3.8, 4) is 5.69 Å². The molecule has 0 atom stereocenters. The summed E-state index contributed by atoms with van der Waals surface area (Å²) in [5.74, 6) is 0.413. The Morgan fingerprint density at radius 2 is 1.69 bits per heavy atom. The summed E-state index contributed by atoms with van der Waals surface area (Å²) in [6.45, 7) is 5.48. The third-order valence-corrected chi connectivity index (χ3v) is 5.96. The van der Waals surface area contributed by atoms with Crippen LogP contribution in [0.1, 0.15) is 41.3 Å². The van der Waals surface area contributed by atoms with E-state index < -0.39 is 0 Å². The second kappa shape index (κ2) is 8.19. The van der Waals surface area contributed by atoms with Crippen LogP contribution in [0.3, 0.4) is 0 Å². The molecular weight excluding hydrogens is 365 g/mol. The minimum atomic E-state index is -0.274. The molecule has 0 N–H and O–H groups in total. The topological polar surface area (TPSA) is 38.1 Å². The van der Waals surface area contributed by atoms with E-state index in [1.54, 1.807) is 16.8 Å². The molecule has 1 aliphatic heterocycles. The van der Waals surface area contributed by atoms with E-state index in [0.717, 1.165) is 48.6 Å². The van der Waals surface area contributed by atoms with Gasteiger partial charge in [-0.25, -0.2) is 9.07 Å². The molecule has 1 aliphatic rings. The highest BCUT2D eigenvalue weighted by atomic mass is 19.1. The van der Waals surface area contributed by atoms with Crippen LogP contribution < -0.4 is 0 Å². The molecular formula is C24H26FN3O. The van der Waals surface area contributed by atoms with E-state index in [-0.39, 0.29) is 11.7 Å². The molecule has 3 aromatic rings. The number of hydrogen-bond donors (Lipinski definition) is 0. The van der Waals surface area contributed by atoms with Gasteiger partial charge in [-0.05, 0) is 62.4 Å². The number of hydrogen-bond acceptors (Lipinski definition) is 2. The lowest BCUT2D eigenvalue weighted by Gasteiger charge is -2.32. The van der Waals surface area contributed by atoms with Crippen LogP contribution in [0.4, 0.5) is 4.39 Å². The smallest absolute Gasteiger partial charge is 0.227 e. The molecule has 0 unspecified atom stereocenters. The van der Waals surface area contributed by atoms with E-state index in [1.807, 2.05) is 24.8 Å². The highest BCUT2D eigenvalue weighted by molar-refractivity contribution is 5.79. The molecule has 1 saturated heterocycles. The zero-order chi connectivity index (χ0) is 20.4. The predicted molar refractivity (Wildman–Crippen MR) is 112 cm³/mol. The molecule has 1 amide bonds. The van der Waals surface area contributed by atoms with Gasteiger partial charge >= 0.3 is 0 Å². The Morgan fingerprint density at radius 3 is 2.34 bits per heavy atom. The van der Waals surface area contributed by atoms with Crippen LogP contribution in [0.15, 0.2) is 54.6 Å². The van der Waals surface area contributed by atoms with E-state index >= 15 is 0 Å². The van der Waals surface area contributed by atoms with Crippen LogP contribution >= 0.6 is 0 Å². The van der Waals surface area contributed by atoms with Gasteiger partial charge in [-0.15, -0.1) is 0 Å². The number of aromatic nitrogens is 2. The highest BCUT2D eigenvalue weighted by Gasteiger charge is 2.25. The lowest BCUT2D eigenvalue weighted by atomic mass is 9.89. The first-order valence-corrected chi connectivity index (χ1v) is 10.2. The molecule has 0 saturated carbocycles. The van der Waals surface area contributed by atoms with Gasteiger partial charge < -0.3 is 4.90 Å². The quantitative estimate of drug-likeness (QED) is 0.653. The monoisotopic (exact) mass is 391 g/mol. The van der Waals surface area contributed by atoms with Crippen molar-refractivity contribution < 1.29 is 9.18 Å². The van der Waals surface area contributed by atoms with Crippen LogP contribution in [0.25, 0.3) is 5.69 Å². The number of carbonyl (C=O) groups is 1. The first kappa shape index (κ1) is 19.4. The molecule has 0 bridgehead atoms. The Labute approximate surface area is 171 Å². The molecule has 2 heterocycles. The Kier molecular flexibility index (Phi) is 5.47. The summed E-state index contributed by atoms with van der Waals surface area (Å²) in [7, 11) is 0. The largest absolute Gasteiger partial charge is 0.342 e. The second-order valence-electron chi connectivity index (χ2n) is 7.78. The van der Waals surface area contributed by atoms with Gasteiger partial charge in [0.1, 0.15) is 5.82 Å². The van der Waals surface area contributed by atoms with E-state index in [0.29, 0.717) is 12.3 Å². The van der Waals surface area contributed by atoms with Crippen molar-refractivity contribution in [2.45, 2.75) is 39.0 Å². The summed E-state index contributed by atoms with van der Waals surface area (Å²) >= 11 is 0. The molecule has 5 heteroatoms. The fourth-order valence-corrected chi connectivity index (χ4v) is 4.21. The number of likely N-dealkylation sites (tertiary alicyclic amines) is 1. The molecule has 0 aliphatic carbocycles. The number of aryl methyl sites for hydroxylation is 1. The van der Waals surface area contributed by atoms with Gasteiger partial charge in [0.2, 0.25) is 5.91 Å². The minimum absolute atomic E-state index is 0.154. The lowest BCUT2D eigenvalue weighted by Crippen LogP contribution is -2.38. The Bertz CT molecular complexity index is 987. The molecule has 4 nitrogen and oxygen atoms in total. The second-order valence-corrected chi connectivity index (χ2v) is 7.78. The number of benzene rings is 2. The van der Waals surface area contributed by atoms with Crippen molar-refractivity contribution in [1.29, 1.82) is 0 Å². The van der Waals surface area contributed by atoms with Crippen LogP contribution in [0.2, 0.25) is 0 Å². The number of halogens is 1. The van der Waals surface area contributed by atoms with E-state index in [1.165, 1.54) is 17.7 Å². The fraction of sp³-hybridized carbons (Fsp3) is 0.333. The van der Waals surface area contributed by atoms with Crippen molar-refractivity contribution in [3.05, 3.63) is 82.9 Å². The molecule has 2 aromatic carbocycles. The van der Waals surface area contributed by atoms with Crippen molar-refractivity contribution >= 4 is 5.91 Å². The first-order chi connectivity index (χ1) is 14.0. The maximum Gasteiger partial charge on any atom is 0.227 e. The third kappa shape index (κ3) is 4.09. The standard InChI is InChI=1S/C24H26FN3O/c1-17-23(18(2)28(26-17)22-10-8-21(25)9-11-22)16-24(29)27-14-12-20(13-15-27)19-6-4-3-5-7-19/h3-11,20H,12-16H2,1-2H3. The molecule has 0 radical (unpaired) electrons. The summed E-state index contributed by atoms with van der Waals surface area (Å²) in [6, 6.07) is 16.8. The highest BCUT2D eigenvalue weighted by Crippen LogP contribution is 2.28. The van der Waals surface area contributed by atoms with Crippen LogP contribution in [-0.4, -0.2) is 33.7 Å². The molecule has 29 heavy (non-hydrogen) atoms. The molecule has 150 valence electrons. The van der Waals surface area contributed by atoms with Gasteiger partial charge in [-0.3, -0.25) is 4.79 Å². The van der Waals surface area contributed by atoms with Crippen molar-refractivity contribution in [2.24, 2.45) is 0 Å². The molecule has 1 aromatic heterocycles. The van der Waals surface area contributed by atoms with Crippen LogP contribution in [-0.2, 0) is 11.2 Å². The average molecular weight is 391 g/mol. The van der Waals surface area contributed by atoms with Gasteiger partial charge in [0.25, 0.3) is 0 Å². The van der Waals surface area contributed by atoms with Gasteiger partial charge in [-0.1, -0.05) is 30.3 Å². The summed E-state index contributed by atoms with van der Waals surface area (Å²) in [5.41, 5.74) is 4.91. The summed E-state index contributed by atoms with van der Waals surface area (Å²) in [5, 5.41) is 4.58. The van der Waals surface area contributed by atoms with Crippen LogP contribution in [0, 0.1) is 19.7 Å². The molecule has 0 spiro atoms. The average Bonchev–Trinajstić information content (AvgIpc) is 3.03. The number of piperidine rings is 1. The molecule has 4 rings (SSSR count). The van der Waals surface area contributed by atoms with Gasteiger partial charge in [0.05, 0.1) is 17.8 Å². The summed E-state index contributed by atoms with van der Waals surface area (Å²) in [6.07, 6.45) is 2.36. The number of carbonyl (C=O) groups excluding carboxylic acids is 1. The fourth-order valence-electron chi connectivity index (χ4n) is 4.21. The SMILES string of the molecule is Cc1nn(-c2ccc(F)cc2)c(C)c1CC(=O)N1CCC(c2ccccc2)CC1. The number of rotatable bonds is 4. The first-order valence-electron chi connectivity index (χ1n) is 10.2. The minimum Gasteiger partial charge on any atom is -0.342 e. The zero-order valence-corrected chi connectivity index (χ0v) is 16.9. The van der Waals surface area contributed by atoms with Crippen molar-refractivity contribution in [2.75, 3.05) is 13.1 Å². The zero-order valence-electron chi connectivity index (χ0n) is 16.9. The molecule has 1 fully saturated rings. The Hall–Kier alpha value is -2.95. The van der Waals surface area contributed by atoms with Crippen molar-refractivity contribution in [1.82, 2.24) is 14.7 Å². The Morgan fingerprint density at radius 1 is 1.03 bits per heavy atom. The third-order valence-electron chi connectivity index (χ3n) is 5.96. The van der Waals surface area contributed by atoms with Gasteiger partial charge in [0, 0.05) is 24.3 Å². The maximum absolute atomic E-state index is 13.2. The van der Waals surface area contributed by atoms with Gasteiger partial charge in [-0.2, -0.15) is 5.10 Å². The predicted octanol–water partition coefficient (Wildman–Crippen LogP) is 4.58.